The van der Waals surface area contributed by atoms with Crippen molar-refractivity contribution < 1.29 is 18.7 Å². The minimum absolute atomic E-state index is 0.0603. The summed E-state index contributed by atoms with van der Waals surface area (Å²) in [6, 6.07) is 10.9. The molecule has 10 nitrogen and oxygen atoms in total. The normalized spacial score (nSPS) is 10.9. The molecule has 176 valence electrons. The highest BCUT2D eigenvalue weighted by molar-refractivity contribution is 6.32. The fourth-order valence-electron chi connectivity index (χ4n) is 3.39. The number of ether oxygens (including phenoxy) is 2. The summed E-state index contributed by atoms with van der Waals surface area (Å²) in [5.41, 5.74) is 3.00. The highest BCUT2D eigenvalue weighted by Gasteiger charge is 2.18. The number of rotatable bonds is 7. The smallest absolute Gasteiger partial charge is 0.360 e. The summed E-state index contributed by atoms with van der Waals surface area (Å²) < 4.78 is 18.3. The van der Waals surface area contributed by atoms with Gasteiger partial charge in [-0.3, -0.25) is 0 Å². The van der Waals surface area contributed by atoms with Crippen LogP contribution in [0.15, 0.2) is 65.9 Å². The Hall–Kier alpha value is -4.44. The van der Waals surface area contributed by atoms with Crippen LogP contribution in [0.3, 0.4) is 0 Å². The molecule has 1 N–H and O–H groups in total. The van der Waals surface area contributed by atoms with Gasteiger partial charge in [0, 0.05) is 25.0 Å². The number of esters is 1. The van der Waals surface area contributed by atoms with Crippen LogP contribution in [0.25, 0.3) is 22.5 Å². The predicted octanol–water partition coefficient (Wildman–Crippen LogP) is 5.38. The number of anilines is 2. The van der Waals surface area contributed by atoms with Crippen LogP contribution in [0.1, 0.15) is 17.4 Å². The van der Waals surface area contributed by atoms with Gasteiger partial charge in [0.1, 0.15) is 29.9 Å². The lowest BCUT2D eigenvalue weighted by molar-refractivity contribution is 0.0519. The molecule has 0 bridgehead atoms. The van der Waals surface area contributed by atoms with Crippen LogP contribution in [0.5, 0.6) is 11.5 Å². The molecular formula is C24H19ClN6O4. The van der Waals surface area contributed by atoms with Crippen molar-refractivity contribution in [1.29, 1.82) is 0 Å². The Morgan fingerprint density at radius 3 is 2.91 bits per heavy atom. The molecular weight excluding hydrogens is 472 g/mol. The van der Waals surface area contributed by atoms with Crippen LogP contribution < -0.4 is 10.1 Å². The second-order valence-corrected chi connectivity index (χ2v) is 7.83. The molecule has 0 aliphatic rings. The molecule has 35 heavy (non-hydrogen) atoms. The van der Waals surface area contributed by atoms with Crippen LogP contribution in [-0.4, -0.2) is 37.1 Å². The summed E-state index contributed by atoms with van der Waals surface area (Å²) in [5, 5.41) is 3.57. The number of halogens is 1. The van der Waals surface area contributed by atoms with Crippen molar-refractivity contribution in [1.82, 2.24) is 24.5 Å². The quantitative estimate of drug-likeness (QED) is 0.300. The number of nitrogens with one attached hydrogen (secondary N) is 1. The maximum atomic E-state index is 11.9. The van der Waals surface area contributed by atoms with Gasteiger partial charge in [-0.05, 0) is 37.3 Å². The molecule has 3 heterocycles. The Balaban J connectivity index is 1.36. The molecule has 2 aromatic carbocycles. The average molecular weight is 491 g/mol. The molecule has 0 fully saturated rings. The zero-order valence-electron chi connectivity index (χ0n) is 18.7. The van der Waals surface area contributed by atoms with E-state index in [-0.39, 0.29) is 18.2 Å². The lowest BCUT2D eigenvalue weighted by Crippen LogP contribution is -2.05. The van der Waals surface area contributed by atoms with Crippen LogP contribution in [0.4, 0.5) is 11.5 Å². The highest BCUT2D eigenvalue weighted by Crippen LogP contribution is 2.34. The number of nitrogens with zero attached hydrogens (tertiary/aromatic N) is 5. The summed E-state index contributed by atoms with van der Waals surface area (Å²) in [5.74, 6) is 1.13. The summed E-state index contributed by atoms with van der Waals surface area (Å²) >= 11 is 6.49. The Bertz CT molecular complexity index is 1530. The summed E-state index contributed by atoms with van der Waals surface area (Å²) in [6.07, 6.45) is 5.89. The molecule has 5 aromatic rings. The van der Waals surface area contributed by atoms with E-state index in [2.05, 4.69) is 25.3 Å². The van der Waals surface area contributed by atoms with Gasteiger partial charge in [0.05, 0.1) is 34.6 Å². The van der Waals surface area contributed by atoms with E-state index in [4.69, 9.17) is 25.5 Å². The lowest BCUT2D eigenvalue weighted by atomic mass is 10.2. The third-order valence-corrected chi connectivity index (χ3v) is 5.35. The van der Waals surface area contributed by atoms with Gasteiger partial charge >= 0.3 is 5.97 Å². The number of aryl methyl sites for hydroxylation is 1. The molecule has 0 amide bonds. The number of carbonyl (C=O) groups is 1. The van der Waals surface area contributed by atoms with Crippen molar-refractivity contribution in [3.8, 4) is 23.0 Å². The van der Waals surface area contributed by atoms with E-state index in [1.54, 1.807) is 31.5 Å². The number of oxazole rings is 1. The minimum Gasteiger partial charge on any atom is -0.461 e. The number of hydrogen-bond donors (Lipinski definition) is 1. The first-order valence-corrected chi connectivity index (χ1v) is 11.0. The fraction of sp³-hybridized carbons (Fsp3) is 0.125. The molecule has 0 aliphatic carbocycles. The molecule has 11 heteroatoms. The SMILES string of the molecule is CCOC(=O)c1coc(-c2cncnc2Nc2ccc(Oc3ccc4c(c3)ncn4C)c(Cl)c2)n1. The number of aromatic nitrogens is 5. The summed E-state index contributed by atoms with van der Waals surface area (Å²) in [4.78, 5) is 28.7. The second kappa shape index (κ2) is 9.43. The molecule has 0 spiro atoms. The van der Waals surface area contributed by atoms with Gasteiger partial charge in [-0.1, -0.05) is 11.6 Å². The number of carbonyl (C=O) groups excluding carboxylic acids is 1. The fourth-order valence-corrected chi connectivity index (χ4v) is 3.61. The van der Waals surface area contributed by atoms with Crippen molar-refractivity contribution in [3.63, 3.8) is 0 Å². The maximum Gasteiger partial charge on any atom is 0.360 e. The standard InChI is InChI=1S/C24H19ClN6O4/c1-3-33-24(32)19-11-34-23(30-19)16-10-26-12-27-22(16)29-14-4-7-21(17(25)8-14)35-15-5-6-20-18(9-15)28-13-31(20)2/h4-13H,3H2,1-2H3,(H,26,27,29). The molecule has 0 atom stereocenters. The third-order valence-electron chi connectivity index (χ3n) is 5.05. The van der Waals surface area contributed by atoms with E-state index in [0.717, 1.165) is 11.0 Å². The number of imidazole rings is 1. The topological polar surface area (TPSA) is 117 Å². The van der Waals surface area contributed by atoms with E-state index in [9.17, 15) is 4.79 Å². The third kappa shape index (κ3) is 4.64. The molecule has 0 saturated carbocycles. The molecule has 3 aromatic heterocycles. The van der Waals surface area contributed by atoms with Gasteiger partial charge < -0.3 is 23.8 Å². The molecule has 5 rings (SSSR count). The molecule has 0 unspecified atom stereocenters. The van der Waals surface area contributed by atoms with Crippen LogP contribution in [0, 0.1) is 0 Å². The lowest BCUT2D eigenvalue weighted by Gasteiger charge is -2.12. The first kappa shape index (κ1) is 22.4. The summed E-state index contributed by atoms with van der Waals surface area (Å²) in [7, 11) is 1.93. The van der Waals surface area contributed by atoms with Gasteiger partial charge in [0.15, 0.2) is 5.69 Å². The first-order valence-electron chi connectivity index (χ1n) is 10.6. The van der Waals surface area contributed by atoms with Crippen molar-refractivity contribution in [3.05, 3.63) is 72.2 Å². The minimum atomic E-state index is -0.571. The number of hydrogen-bond acceptors (Lipinski definition) is 9. The van der Waals surface area contributed by atoms with Crippen LogP contribution >= 0.6 is 11.6 Å². The molecule has 0 aliphatic heterocycles. The van der Waals surface area contributed by atoms with Crippen molar-refractivity contribution >= 4 is 40.1 Å². The van der Waals surface area contributed by atoms with E-state index >= 15 is 0 Å². The van der Waals surface area contributed by atoms with E-state index in [0.29, 0.717) is 33.6 Å². The Morgan fingerprint density at radius 2 is 2.09 bits per heavy atom. The Labute approximate surface area is 204 Å². The summed E-state index contributed by atoms with van der Waals surface area (Å²) in [6.45, 7) is 1.95. The predicted molar refractivity (Wildman–Crippen MR) is 129 cm³/mol. The van der Waals surface area contributed by atoms with Crippen molar-refractivity contribution in [2.45, 2.75) is 6.92 Å². The van der Waals surface area contributed by atoms with Gasteiger partial charge in [0.2, 0.25) is 5.89 Å². The highest BCUT2D eigenvalue weighted by atomic mass is 35.5. The molecule has 0 radical (unpaired) electrons. The van der Waals surface area contributed by atoms with Gasteiger partial charge in [-0.25, -0.2) is 24.7 Å². The van der Waals surface area contributed by atoms with Crippen molar-refractivity contribution in [2.75, 3.05) is 11.9 Å². The van der Waals surface area contributed by atoms with E-state index in [1.165, 1.54) is 18.8 Å². The zero-order chi connectivity index (χ0) is 24.4. The Kier molecular flexibility index (Phi) is 6.02. The monoisotopic (exact) mass is 490 g/mol. The van der Waals surface area contributed by atoms with Gasteiger partial charge in [-0.15, -0.1) is 0 Å². The van der Waals surface area contributed by atoms with E-state index < -0.39 is 5.97 Å². The van der Waals surface area contributed by atoms with Crippen molar-refractivity contribution in [2.24, 2.45) is 7.05 Å². The van der Waals surface area contributed by atoms with Gasteiger partial charge in [-0.2, -0.15) is 0 Å². The zero-order valence-corrected chi connectivity index (χ0v) is 19.5. The van der Waals surface area contributed by atoms with Crippen LogP contribution in [-0.2, 0) is 11.8 Å². The van der Waals surface area contributed by atoms with Gasteiger partial charge in [0.25, 0.3) is 0 Å². The first-order chi connectivity index (χ1) is 17.0. The van der Waals surface area contributed by atoms with E-state index in [1.807, 2.05) is 29.8 Å². The van der Waals surface area contributed by atoms with Crippen LogP contribution in [0.2, 0.25) is 5.02 Å². The number of benzene rings is 2. The average Bonchev–Trinajstić information content (AvgIpc) is 3.49. The Morgan fingerprint density at radius 1 is 1.20 bits per heavy atom. The maximum absolute atomic E-state index is 11.9. The largest absolute Gasteiger partial charge is 0.461 e. The second-order valence-electron chi connectivity index (χ2n) is 7.42. The molecule has 0 saturated heterocycles. The number of fused-ring (bicyclic) bond motifs is 1.